The van der Waals surface area contributed by atoms with Crippen LogP contribution in [0.3, 0.4) is 0 Å². The van der Waals surface area contributed by atoms with Gasteiger partial charge in [0.25, 0.3) is 0 Å². The van der Waals surface area contributed by atoms with E-state index in [4.69, 9.17) is 15.5 Å². The molecule has 39 heavy (non-hydrogen) atoms. The first kappa shape index (κ1) is 27.9. The van der Waals surface area contributed by atoms with E-state index >= 15 is 0 Å². The fraction of sp³-hybridized carbons (Fsp3) is 0.429. The number of pyridine rings is 2. The molecule has 0 aromatic carbocycles. The second kappa shape index (κ2) is 13.6. The molecule has 0 spiro atoms. The van der Waals surface area contributed by atoms with E-state index in [0.29, 0.717) is 43.8 Å². The van der Waals surface area contributed by atoms with Crippen molar-refractivity contribution >= 4 is 40.6 Å². The van der Waals surface area contributed by atoms with Crippen LogP contribution in [-0.2, 0) is 4.74 Å². The molecule has 0 bridgehead atoms. The Morgan fingerprint density at radius 2 is 1.97 bits per heavy atom. The zero-order valence-electron chi connectivity index (χ0n) is 22.9. The maximum absolute atomic E-state index is 11.8. The number of piperazine rings is 1. The molecule has 0 radical (unpaired) electrons. The van der Waals surface area contributed by atoms with Crippen molar-refractivity contribution in [2.24, 2.45) is 10.7 Å². The lowest BCUT2D eigenvalue weighted by atomic mass is 10.1. The van der Waals surface area contributed by atoms with Crippen molar-refractivity contribution in [2.45, 2.75) is 33.1 Å². The van der Waals surface area contributed by atoms with Crippen molar-refractivity contribution in [1.82, 2.24) is 30.0 Å². The summed E-state index contributed by atoms with van der Waals surface area (Å²) in [6.07, 6.45) is 7.58. The molecule has 0 atom stereocenters. The van der Waals surface area contributed by atoms with E-state index in [2.05, 4.69) is 44.2 Å². The van der Waals surface area contributed by atoms with Gasteiger partial charge in [0.05, 0.1) is 23.8 Å². The topological polar surface area (TPSA) is 135 Å². The predicted octanol–water partition coefficient (Wildman–Crippen LogP) is 3.82. The van der Waals surface area contributed by atoms with Crippen LogP contribution in [0.1, 0.15) is 44.2 Å². The van der Waals surface area contributed by atoms with Gasteiger partial charge in [-0.3, -0.25) is 14.9 Å². The monoisotopic (exact) mass is 531 g/mol. The Hall–Kier alpha value is -4.12. The van der Waals surface area contributed by atoms with Gasteiger partial charge in [-0.2, -0.15) is 5.10 Å². The summed E-state index contributed by atoms with van der Waals surface area (Å²) in [6.45, 7) is 11.2. The fourth-order valence-corrected chi connectivity index (χ4v) is 4.25. The maximum atomic E-state index is 11.8. The molecule has 1 amide bonds. The van der Waals surface area contributed by atoms with E-state index in [1.165, 1.54) is 6.20 Å². The van der Waals surface area contributed by atoms with Gasteiger partial charge in [0.1, 0.15) is 5.82 Å². The Balaban J connectivity index is 1.31. The molecular formula is C28H37N9O2. The Labute approximate surface area is 229 Å². The van der Waals surface area contributed by atoms with Crippen molar-refractivity contribution in [3.63, 3.8) is 0 Å². The molecule has 206 valence electrons. The molecule has 4 rings (SSSR count). The highest BCUT2D eigenvalue weighted by Crippen LogP contribution is 2.21. The number of fused-ring (bicyclic) bond motifs is 1. The number of aromatic nitrogens is 4. The first-order valence-electron chi connectivity index (χ1n) is 13.4. The first-order chi connectivity index (χ1) is 19.0. The number of rotatable bonds is 10. The van der Waals surface area contributed by atoms with Crippen LogP contribution >= 0.6 is 0 Å². The summed E-state index contributed by atoms with van der Waals surface area (Å²) in [7, 11) is 0. The van der Waals surface area contributed by atoms with Crippen LogP contribution in [0.4, 0.5) is 16.4 Å². The largest absolute Gasteiger partial charge is 0.450 e. The molecule has 3 aromatic rings. The summed E-state index contributed by atoms with van der Waals surface area (Å²) in [4.78, 5) is 29.8. The number of nitrogens with two attached hydrogens (primary N) is 1. The number of carbonyl (C=O) groups is 1. The summed E-state index contributed by atoms with van der Waals surface area (Å²) < 4.78 is 5.08. The van der Waals surface area contributed by atoms with E-state index in [0.717, 1.165) is 53.8 Å². The lowest BCUT2D eigenvalue weighted by Gasteiger charge is -2.33. The van der Waals surface area contributed by atoms with Crippen molar-refractivity contribution in [3.8, 4) is 0 Å². The van der Waals surface area contributed by atoms with Crippen LogP contribution in [0.15, 0.2) is 47.9 Å². The van der Waals surface area contributed by atoms with Gasteiger partial charge in [-0.15, -0.1) is 5.10 Å². The summed E-state index contributed by atoms with van der Waals surface area (Å²) in [5.74, 6) is 1.66. The fourth-order valence-electron chi connectivity index (χ4n) is 4.25. The van der Waals surface area contributed by atoms with Crippen molar-refractivity contribution < 1.29 is 9.53 Å². The minimum Gasteiger partial charge on any atom is -0.450 e. The summed E-state index contributed by atoms with van der Waals surface area (Å²) >= 11 is 0. The standard InChI is InChI=1S/C28H37N9O2/c1-4-39-28(38)37-12-10-36(11-13-37)9-5-8-30-17-23(16-29)22-14-25-24(31-18-22)6-7-26(33-25)34-27-15-21(20(2)3)19-32-35-27/h6-7,14-20H,4-5,8-13,29H2,1-3H3,(H,33,34,35). The Kier molecular flexibility index (Phi) is 9.74. The van der Waals surface area contributed by atoms with Crippen molar-refractivity contribution in [3.05, 3.63) is 54.0 Å². The van der Waals surface area contributed by atoms with Crippen molar-refractivity contribution in [2.75, 3.05) is 51.2 Å². The van der Waals surface area contributed by atoms with Gasteiger partial charge in [-0.25, -0.2) is 9.78 Å². The van der Waals surface area contributed by atoms with Gasteiger partial charge in [-0.1, -0.05) is 13.8 Å². The Morgan fingerprint density at radius 1 is 1.15 bits per heavy atom. The first-order valence-corrected chi connectivity index (χ1v) is 13.4. The summed E-state index contributed by atoms with van der Waals surface area (Å²) in [5, 5.41) is 11.5. The molecule has 11 nitrogen and oxygen atoms in total. The molecule has 1 aliphatic heterocycles. The third kappa shape index (κ3) is 7.70. The van der Waals surface area contributed by atoms with Gasteiger partial charge in [-0.05, 0) is 49.1 Å². The lowest BCUT2D eigenvalue weighted by Crippen LogP contribution is -2.49. The van der Waals surface area contributed by atoms with Crippen LogP contribution in [0.2, 0.25) is 0 Å². The normalized spacial score (nSPS) is 14.9. The number of carbonyl (C=O) groups excluding carboxylic acids is 1. The molecule has 11 heteroatoms. The third-order valence-electron chi connectivity index (χ3n) is 6.54. The van der Waals surface area contributed by atoms with Crippen LogP contribution < -0.4 is 11.1 Å². The number of nitrogens with one attached hydrogen (secondary N) is 1. The zero-order chi connectivity index (χ0) is 27.6. The molecule has 3 aromatic heterocycles. The highest BCUT2D eigenvalue weighted by molar-refractivity contribution is 6.10. The highest BCUT2D eigenvalue weighted by Gasteiger charge is 2.21. The second-order valence-corrected chi connectivity index (χ2v) is 9.65. The number of hydrogen-bond donors (Lipinski definition) is 2. The molecule has 1 fully saturated rings. The van der Waals surface area contributed by atoms with E-state index in [-0.39, 0.29) is 6.09 Å². The Morgan fingerprint density at radius 3 is 2.72 bits per heavy atom. The average Bonchev–Trinajstić information content (AvgIpc) is 2.95. The SMILES string of the molecule is CCOC(=O)N1CCN(CCCN=CC(=CN)c2cnc3ccc(Nc4cc(C(C)C)cnn4)nc3c2)CC1. The predicted molar refractivity (Wildman–Crippen MR) is 154 cm³/mol. The van der Waals surface area contributed by atoms with Gasteiger partial charge < -0.3 is 20.7 Å². The van der Waals surface area contributed by atoms with E-state index in [9.17, 15) is 4.79 Å². The third-order valence-corrected chi connectivity index (χ3v) is 6.54. The lowest BCUT2D eigenvalue weighted by molar-refractivity contribution is 0.0795. The quantitative estimate of drug-likeness (QED) is 0.296. The highest BCUT2D eigenvalue weighted by atomic mass is 16.6. The van der Waals surface area contributed by atoms with Gasteiger partial charge in [0, 0.05) is 69.0 Å². The van der Waals surface area contributed by atoms with Gasteiger partial charge in [0.15, 0.2) is 5.82 Å². The zero-order valence-corrected chi connectivity index (χ0v) is 22.9. The van der Waals surface area contributed by atoms with Crippen LogP contribution in [0.5, 0.6) is 0 Å². The number of aliphatic imine (C=N–C) groups is 1. The van der Waals surface area contributed by atoms with Gasteiger partial charge >= 0.3 is 6.09 Å². The minimum atomic E-state index is -0.223. The van der Waals surface area contributed by atoms with Crippen LogP contribution in [0.25, 0.3) is 16.6 Å². The molecule has 0 saturated carbocycles. The van der Waals surface area contributed by atoms with E-state index in [1.807, 2.05) is 31.2 Å². The second-order valence-electron chi connectivity index (χ2n) is 9.65. The molecule has 4 heterocycles. The number of amides is 1. The van der Waals surface area contributed by atoms with E-state index < -0.39 is 0 Å². The average molecular weight is 532 g/mol. The van der Waals surface area contributed by atoms with Gasteiger partial charge in [0.2, 0.25) is 0 Å². The maximum Gasteiger partial charge on any atom is 0.409 e. The Bertz CT molecular complexity index is 1320. The van der Waals surface area contributed by atoms with E-state index in [1.54, 1.807) is 23.5 Å². The molecule has 3 N–H and O–H groups in total. The number of allylic oxidation sites excluding steroid dienone is 1. The van der Waals surface area contributed by atoms with Crippen LogP contribution in [-0.4, -0.2) is 88.1 Å². The molecule has 0 unspecified atom stereocenters. The molecular weight excluding hydrogens is 494 g/mol. The molecule has 1 aliphatic rings. The molecule has 0 aliphatic carbocycles. The number of hydrogen-bond acceptors (Lipinski definition) is 10. The number of anilines is 2. The summed E-state index contributed by atoms with van der Waals surface area (Å²) in [5.41, 5.74) is 10.2. The summed E-state index contributed by atoms with van der Waals surface area (Å²) in [6, 6.07) is 7.72. The van der Waals surface area contributed by atoms with Crippen LogP contribution in [0, 0.1) is 0 Å². The molecule has 1 saturated heterocycles. The number of nitrogens with zero attached hydrogens (tertiary/aromatic N) is 7. The number of ether oxygens (including phenoxy) is 1. The minimum absolute atomic E-state index is 0.223. The smallest absolute Gasteiger partial charge is 0.409 e. The van der Waals surface area contributed by atoms with Crippen molar-refractivity contribution in [1.29, 1.82) is 0 Å².